The third-order valence-corrected chi connectivity index (χ3v) is 6.58. The Labute approximate surface area is 133 Å². The molecular weight excluding hydrogens is 272 g/mol. The van der Waals surface area contributed by atoms with Gasteiger partial charge in [0.05, 0.1) is 6.10 Å². The molecule has 1 saturated carbocycles. The molecule has 0 radical (unpaired) electrons. The number of ketones is 1. The van der Waals surface area contributed by atoms with E-state index in [0.717, 1.165) is 18.4 Å². The zero-order chi connectivity index (χ0) is 16.3. The number of aliphatic hydroxyl groups excluding tert-OH is 1. The molecular formula is C20H28O2. The van der Waals surface area contributed by atoms with E-state index in [0.29, 0.717) is 18.6 Å². The second kappa shape index (κ2) is 4.92. The van der Waals surface area contributed by atoms with Crippen molar-refractivity contribution in [2.45, 2.75) is 71.8 Å². The molecule has 0 saturated heterocycles. The number of aryl methyl sites for hydroxylation is 1. The van der Waals surface area contributed by atoms with Gasteiger partial charge in [-0.3, -0.25) is 4.79 Å². The first-order chi connectivity index (χ1) is 10.2. The van der Waals surface area contributed by atoms with Crippen molar-refractivity contribution < 1.29 is 9.90 Å². The fourth-order valence-corrected chi connectivity index (χ4v) is 5.20. The summed E-state index contributed by atoms with van der Waals surface area (Å²) in [5.41, 5.74) is 4.69. The van der Waals surface area contributed by atoms with Gasteiger partial charge >= 0.3 is 0 Å². The average molecular weight is 300 g/mol. The fraction of sp³-hybridized carbons (Fsp3) is 0.650. The molecule has 0 amide bonds. The maximum atomic E-state index is 12.4. The van der Waals surface area contributed by atoms with Crippen LogP contribution >= 0.6 is 0 Å². The maximum absolute atomic E-state index is 12.4. The second-order valence-corrected chi connectivity index (χ2v) is 8.04. The number of Topliss-reactive ketones (excluding diaryl/α,β-unsaturated/α-hetero) is 1. The highest BCUT2D eigenvalue weighted by Gasteiger charge is 2.55. The van der Waals surface area contributed by atoms with E-state index in [1.54, 1.807) is 0 Å². The number of rotatable bonds is 1. The summed E-state index contributed by atoms with van der Waals surface area (Å²) in [6.45, 7) is 10.8. The first-order valence-electron chi connectivity index (χ1n) is 8.57. The van der Waals surface area contributed by atoms with Crippen LogP contribution in [0.1, 0.15) is 75.3 Å². The van der Waals surface area contributed by atoms with Crippen LogP contribution in [-0.2, 0) is 16.6 Å². The van der Waals surface area contributed by atoms with Gasteiger partial charge in [0, 0.05) is 11.8 Å². The molecule has 0 spiro atoms. The molecule has 0 unspecified atom stereocenters. The number of hydrogen-bond acceptors (Lipinski definition) is 2. The Bertz CT molecular complexity index is 629. The van der Waals surface area contributed by atoms with Crippen LogP contribution in [0.5, 0.6) is 0 Å². The van der Waals surface area contributed by atoms with E-state index in [1.165, 1.54) is 16.7 Å². The van der Waals surface area contributed by atoms with Crippen LogP contribution in [0.2, 0.25) is 0 Å². The number of fused-ring (bicyclic) bond motifs is 3. The second-order valence-electron chi connectivity index (χ2n) is 8.04. The van der Waals surface area contributed by atoms with Gasteiger partial charge < -0.3 is 5.11 Å². The van der Waals surface area contributed by atoms with Gasteiger partial charge in [0.2, 0.25) is 0 Å². The predicted molar refractivity (Wildman–Crippen MR) is 89.0 cm³/mol. The fourth-order valence-electron chi connectivity index (χ4n) is 5.20. The van der Waals surface area contributed by atoms with Gasteiger partial charge in [0.15, 0.2) is 0 Å². The molecule has 2 heteroatoms. The largest absolute Gasteiger partial charge is 0.388 e. The minimum Gasteiger partial charge on any atom is -0.388 e. The summed E-state index contributed by atoms with van der Waals surface area (Å²) in [5.74, 6) is 0.574. The summed E-state index contributed by atoms with van der Waals surface area (Å²) in [4.78, 5) is 12.4. The Morgan fingerprint density at radius 2 is 1.95 bits per heavy atom. The predicted octanol–water partition coefficient (Wildman–Crippen LogP) is 4.26. The lowest BCUT2D eigenvalue weighted by molar-refractivity contribution is -0.138. The minimum atomic E-state index is -0.437. The molecule has 0 aliphatic heterocycles. The van der Waals surface area contributed by atoms with Crippen molar-refractivity contribution in [3.05, 3.63) is 34.4 Å². The van der Waals surface area contributed by atoms with E-state index in [-0.39, 0.29) is 16.7 Å². The Morgan fingerprint density at radius 1 is 1.27 bits per heavy atom. The molecule has 0 heterocycles. The zero-order valence-electron chi connectivity index (χ0n) is 14.5. The highest BCUT2D eigenvalue weighted by Crippen LogP contribution is 2.58. The van der Waals surface area contributed by atoms with Crippen LogP contribution in [0, 0.1) is 18.3 Å². The van der Waals surface area contributed by atoms with E-state index in [1.807, 2.05) is 0 Å². The Hall–Kier alpha value is -1.15. The minimum absolute atomic E-state index is 0.00356. The van der Waals surface area contributed by atoms with Crippen molar-refractivity contribution >= 4 is 5.78 Å². The summed E-state index contributed by atoms with van der Waals surface area (Å²) < 4.78 is 0. The van der Waals surface area contributed by atoms with Gasteiger partial charge in [-0.05, 0) is 59.8 Å². The van der Waals surface area contributed by atoms with Gasteiger partial charge in [-0.2, -0.15) is 0 Å². The number of aliphatic hydroxyl groups is 1. The molecule has 3 atom stereocenters. The number of carbonyl (C=O) groups is 1. The molecule has 0 aromatic heterocycles. The third-order valence-electron chi connectivity index (χ3n) is 6.58. The summed E-state index contributed by atoms with van der Waals surface area (Å²) in [5, 5.41) is 10.9. The average Bonchev–Trinajstić information content (AvgIpc) is 2.46. The van der Waals surface area contributed by atoms with Gasteiger partial charge in [0.1, 0.15) is 5.78 Å². The van der Waals surface area contributed by atoms with Gasteiger partial charge in [-0.1, -0.05) is 39.8 Å². The Balaban J connectivity index is 2.23. The van der Waals surface area contributed by atoms with Crippen molar-refractivity contribution in [1.29, 1.82) is 0 Å². The smallest absolute Gasteiger partial charge is 0.138 e. The first kappa shape index (κ1) is 15.7. The number of hydrogen-bond donors (Lipinski definition) is 1. The summed E-state index contributed by atoms with van der Waals surface area (Å²) in [6.07, 6.45) is 2.79. The highest BCUT2D eigenvalue weighted by molar-refractivity contribution is 5.86. The standard InChI is InChI=1S/C20H28O2/c1-6-13-12(2)7-8-14-18(13)15(21)11-16-19(3,4)17(22)9-10-20(14,16)5/h7-8,15-16,21H,6,9-11H2,1-5H3/t15-,16-,20+/m0/s1. The molecule has 2 aliphatic carbocycles. The monoisotopic (exact) mass is 300 g/mol. The van der Waals surface area contributed by atoms with E-state index in [4.69, 9.17) is 0 Å². The lowest BCUT2D eigenvalue weighted by atomic mass is 9.49. The number of benzene rings is 1. The van der Waals surface area contributed by atoms with Crippen molar-refractivity contribution in [3.8, 4) is 0 Å². The molecule has 1 aromatic carbocycles. The van der Waals surface area contributed by atoms with Gasteiger partial charge in [-0.25, -0.2) is 0 Å². The SMILES string of the molecule is CCc1c(C)ccc2c1[C@@H](O)C[C@H]1C(C)(C)C(=O)CC[C@]21C. The molecule has 1 fully saturated rings. The molecule has 2 aliphatic rings. The van der Waals surface area contributed by atoms with Gasteiger partial charge in [-0.15, -0.1) is 0 Å². The molecule has 22 heavy (non-hydrogen) atoms. The van der Waals surface area contributed by atoms with E-state index >= 15 is 0 Å². The lowest BCUT2D eigenvalue weighted by Crippen LogP contribution is -2.53. The molecule has 120 valence electrons. The van der Waals surface area contributed by atoms with Crippen LogP contribution in [0.25, 0.3) is 0 Å². The quantitative estimate of drug-likeness (QED) is 0.841. The van der Waals surface area contributed by atoms with Gasteiger partial charge in [0.25, 0.3) is 0 Å². The van der Waals surface area contributed by atoms with Crippen molar-refractivity contribution in [2.24, 2.45) is 11.3 Å². The van der Waals surface area contributed by atoms with Crippen molar-refractivity contribution in [3.63, 3.8) is 0 Å². The van der Waals surface area contributed by atoms with Crippen molar-refractivity contribution in [1.82, 2.24) is 0 Å². The highest BCUT2D eigenvalue weighted by atomic mass is 16.3. The van der Waals surface area contributed by atoms with Crippen LogP contribution < -0.4 is 0 Å². The summed E-state index contributed by atoms with van der Waals surface area (Å²) >= 11 is 0. The third kappa shape index (κ3) is 1.93. The van der Waals surface area contributed by atoms with E-state index in [9.17, 15) is 9.90 Å². The molecule has 1 aromatic rings. The Morgan fingerprint density at radius 3 is 2.59 bits per heavy atom. The lowest BCUT2D eigenvalue weighted by Gasteiger charge is -2.54. The topological polar surface area (TPSA) is 37.3 Å². The molecule has 0 bridgehead atoms. The normalized spacial score (nSPS) is 33.3. The van der Waals surface area contributed by atoms with Crippen LogP contribution in [0.4, 0.5) is 0 Å². The summed E-state index contributed by atoms with van der Waals surface area (Å²) in [7, 11) is 0. The number of carbonyl (C=O) groups excluding carboxylic acids is 1. The molecule has 3 rings (SSSR count). The summed E-state index contributed by atoms with van der Waals surface area (Å²) in [6, 6.07) is 4.41. The maximum Gasteiger partial charge on any atom is 0.138 e. The van der Waals surface area contributed by atoms with Crippen LogP contribution in [0.15, 0.2) is 12.1 Å². The molecule has 1 N–H and O–H groups in total. The van der Waals surface area contributed by atoms with Crippen LogP contribution in [-0.4, -0.2) is 10.9 Å². The zero-order valence-corrected chi connectivity index (χ0v) is 14.5. The van der Waals surface area contributed by atoms with E-state index < -0.39 is 6.10 Å². The first-order valence-corrected chi connectivity index (χ1v) is 8.57. The Kier molecular flexibility index (Phi) is 3.52. The molecule has 2 nitrogen and oxygen atoms in total. The van der Waals surface area contributed by atoms with Crippen LogP contribution in [0.3, 0.4) is 0 Å². The van der Waals surface area contributed by atoms with E-state index in [2.05, 4.69) is 46.8 Å². The van der Waals surface area contributed by atoms with Crippen molar-refractivity contribution in [2.75, 3.05) is 0 Å².